The lowest BCUT2D eigenvalue weighted by Crippen LogP contribution is -2.32. The normalized spacial score (nSPS) is 10.5. The van der Waals surface area contributed by atoms with Crippen molar-refractivity contribution in [2.45, 2.75) is 39.5 Å². The fraction of sp³-hybridized carbons (Fsp3) is 0.364. The van der Waals surface area contributed by atoms with Crippen LogP contribution in [0, 0.1) is 0 Å². The number of amides is 2. The summed E-state index contributed by atoms with van der Waals surface area (Å²) in [6.45, 7) is 5.60. The minimum Gasteiger partial charge on any atom is -0.339 e. The van der Waals surface area contributed by atoms with Crippen molar-refractivity contribution < 1.29 is 9.59 Å². The number of benzene rings is 2. The van der Waals surface area contributed by atoms with E-state index in [9.17, 15) is 9.59 Å². The van der Waals surface area contributed by atoms with E-state index in [4.69, 9.17) is 11.6 Å². The van der Waals surface area contributed by atoms with Gasteiger partial charge in [-0.15, -0.1) is 0 Å². The first kappa shape index (κ1) is 21.0. The maximum Gasteiger partial charge on any atom is 0.253 e. The van der Waals surface area contributed by atoms with Gasteiger partial charge in [-0.3, -0.25) is 9.59 Å². The molecule has 2 aromatic rings. The molecule has 0 aliphatic heterocycles. The molecule has 0 fully saturated rings. The van der Waals surface area contributed by atoms with Crippen LogP contribution >= 0.6 is 11.6 Å². The summed E-state index contributed by atoms with van der Waals surface area (Å²) >= 11 is 6.13. The number of halogens is 1. The van der Waals surface area contributed by atoms with Crippen LogP contribution in [0.4, 0.5) is 5.69 Å². The highest BCUT2D eigenvalue weighted by atomic mass is 35.5. The van der Waals surface area contributed by atoms with Crippen molar-refractivity contribution >= 4 is 29.1 Å². The van der Waals surface area contributed by atoms with Gasteiger partial charge in [-0.05, 0) is 49.1 Å². The number of nitrogens with zero attached hydrogens (tertiary/aromatic N) is 1. The average Bonchev–Trinajstić information content (AvgIpc) is 2.67. The third-order valence-corrected chi connectivity index (χ3v) is 4.62. The first-order chi connectivity index (χ1) is 13.0. The van der Waals surface area contributed by atoms with Gasteiger partial charge >= 0.3 is 0 Å². The summed E-state index contributed by atoms with van der Waals surface area (Å²) in [6, 6.07) is 14.7. The van der Waals surface area contributed by atoms with Crippen LogP contribution < -0.4 is 5.32 Å². The Morgan fingerprint density at radius 1 is 1.00 bits per heavy atom. The molecular weight excluding hydrogens is 360 g/mol. The first-order valence-corrected chi connectivity index (χ1v) is 9.85. The summed E-state index contributed by atoms with van der Waals surface area (Å²) in [5.74, 6) is -0.0932. The fourth-order valence-corrected chi connectivity index (χ4v) is 3.17. The molecule has 0 unspecified atom stereocenters. The predicted molar refractivity (Wildman–Crippen MR) is 111 cm³/mol. The van der Waals surface area contributed by atoms with Crippen LogP contribution in [-0.4, -0.2) is 29.8 Å². The van der Waals surface area contributed by atoms with Crippen LogP contribution in [0.3, 0.4) is 0 Å². The summed E-state index contributed by atoms with van der Waals surface area (Å²) < 4.78 is 0. The zero-order valence-corrected chi connectivity index (χ0v) is 16.8. The van der Waals surface area contributed by atoms with Gasteiger partial charge in [0.1, 0.15) is 0 Å². The molecule has 0 aliphatic rings. The van der Waals surface area contributed by atoms with Crippen LogP contribution in [0.1, 0.15) is 49.0 Å². The Morgan fingerprint density at radius 3 is 2.37 bits per heavy atom. The molecule has 27 heavy (non-hydrogen) atoms. The number of carbonyl (C=O) groups excluding carboxylic acids is 2. The lowest BCUT2D eigenvalue weighted by molar-refractivity contribution is -0.116. The van der Waals surface area contributed by atoms with E-state index >= 15 is 0 Å². The highest BCUT2D eigenvalue weighted by Gasteiger charge is 2.15. The molecule has 0 saturated carbocycles. The zero-order valence-electron chi connectivity index (χ0n) is 16.0. The number of hydrogen-bond acceptors (Lipinski definition) is 2. The van der Waals surface area contributed by atoms with Crippen molar-refractivity contribution in [3.8, 4) is 0 Å². The molecule has 144 valence electrons. The Hall–Kier alpha value is -2.33. The second kappa shape index (κ2) is 10.7. The second-order valence-corrected chi connectivity index (χ2v) is 6.92. The zero-order chi connectivity index (χ0) is 19.6. The van der Waals surface area contributed by atoms with Crippen molar-refractivity contribution in [2.24, 2.45) is 0 Å². The third kappa shape index (κ3) is 6.40. The molecule has 0 atom stereocenters. The topological polar surface area (TPSA) is 49.4 Å². The maximum atomic E-state index is 12.7. The van der Waals surface area contributed by atoms with Crippen molar-refractivity contribution in [1.29, 1.82) is 0 Å². The van der Waals surface area contributed by atoms with Gasteiger partial charge in [-0.2, -0.15) is 0 Å². The molecule has 2 amide bonds. The van der Waals surface area contributed by atoms with E-state index in [2.05, 4.69) is 19.2 Å². The summed E-state index contributed by atoms with van der Waals surface area (Å²) in [7, 11) is 0. The van der Waals surface area contributed by atoms with E-state index in [1.54, 1.807) is 24.3 Å². The highest BCUT2D eigenvalue weighted by Crippen LogP contribution is 2.18. The van der Waals surface area contributed by atoms with E-state index in [0.29, 0.717) is 29.1 Å². The number of carbonyl (C=O) groups is 2. The predicted octanol–water partition coefficient (Wildman–Crippen LogP) is 5.17. The largest absolute Gasteiger partial charge is 0.339 e. The molecule has 0 radical (unpaired) electrons. The monoisotopic (exact) mass is 386 g/mol. The molecule has 0 aromatic heterocycles. The third-order valence-electron chi connectivity index (χ3n) is 4.25. The van der Waals surface area contributed by atoms with Crippen LogP contribution in [-0.2, 0) is 11.2 Å². The fourth-order valence-electron chi connectivity index (χ4n) is 2.94. The van der Waals surface area contributed by atoms with Crippen LogP contribution in [0.5, 0.6) is 0 Å². The summed E-state index contributed by atoms with van der Waals surface area (Å²) in [5.41, 5.74) is 2.19. The molecular formula is C22H27ClN2O2. The van der Waals surface area contributed by atoms with E-state index < -0.39 is 0 Å². The van der Waals surface area contributed by atoms with Gasteiger partial charge in [0.05, 0.1) is 0 Å². The Labute approximate surface area is 166 Å². The van der Waals surface area contributed by atoms with E-state index in [1.807, 2.05) is 29.2 Å². The van der Waals surface area contributed by atoms with Crippen LogP contribution in [0.25, 0.3) is 0 Å². The Morgan fingerprint density at radius 2 is 1.70 bits per heavy atom. The molecule has 1 N–H and O–H groups in total. The second-order valence-electron chi connectivity index (χ2n) is 6.51. The quantitative estimate of drug-likeness (QED) is 0.646. The molecule has 5 heteroatoms. The molecule has 0 heterocycles. The van der Waals surface area contributed by atoms with Gasteiger partial charge in [0.2, 0.25) is 5.91 Å². The number of nitrogens with one attached hydrogen (secondary N) is 1. The van der Waals surface area contributed by atoms with Gasteiger partial charge in [0.15, 0.2) is 0 Å². The Balaban J connectivity index is 1.99. The number of hydrogen-bond donors (Lipinski definition) is 1. The van der Waals surface area contributed by atoms with Gasteiger partial charge in [-0.1, -0.05) is 49.7 Å². The molecule has 4 nitrogen and oxygen atoms in total. The van der Waals surface area contributed by atoms with Gasteiger partial charge in [0, 0.05) is 35.8 Å². The number of rotatable bonds is 9. The summed E-state index contributed by atoms with van der Waals surface area (Å²) in [4.78, 5) is 26.8. The minimum atomic E-state index is -0.0986. The molecule has 0 spiro atoms. The lowest BCUT2D eigenvalue weighted by Gasteiger charge is -2.21. The van der Waals surface area contributed by atoms with Crippen molar-refractivity contribution in [3.05, 3.63) is 64.7 Å². The molecule has 2 rings (SSSR count). The van der Waals surface area contributed by atoms with Crippen molar-refractivity contribution in [2.75, 3.05) is 18.4 Å². The smallest absolute Gasteiger partial charge is 0.253 e. The molecule has 2 aromatic carbocycles. The van der Waals surface area contributed by atoms with E-state index in [-0.39, 0.29) is 11.8 Å². The Bertz CT molecular complexity index is 770. The Kier molecular flexibility index (Phi) is 8.34. The van der Waals surface area contributed by atoms with Crippen molar-refractivity contribution in [3.63, 3.8) is 0 Å². The standard InChI is InChI=1S/C22H27ClN2O2/c1-3-14-25(15-4-2)22(27)18-9-7-10-19(16-18)24-21(26)13-12-17-8-5-6-11-20(17)23/h5-11,16H,3-4,12-15H2,1-2H3,(H,24,26). The lowest BCUT2D eigenvalue weighted by atomic mass is 10.1. The first-order valence-electron chi connectivity index (χ1n) is 9.47. The highest BCUT2D eigenvalue weighted by molar-refractivity contribution is 6.31. The maximum absolute atomic E-state index is 12.7. The summed E-state index contributed by atoms with van der Waals surface area (Å²) in [5, 5.41) is 3.55. The van der Waals surface area contributed by atoms with Gasteiger partial charge < -0.3 is 10.2 Å². The van der Waals surface area contributed by atoms with Gasteiger partial charge in [0.25, 0.3) is 5.91 Å². The SMILES string of the molecule is CCCN(CCC)C(=O)c1cccc(NC(=O)CCc2ccccc2Cl)c1. The van der Waals surface area contributed by atoms with Crippen molar-refractivity contribution in [1.82, 2.24) is 4.90 Å². The van der Waals surface area contributed by atoms with Gasteiger partial charge in [-0.25, -0.2) is 0 Å². The van der Waals surface area contributed by atoms with Crippen LogP contribution in [0.2, 0.25) is 5.02 Å². The number of aryl methyl sites for hydroxylation is 1. The molecule has 0 bridgehead atoms. The minimum absolute atomic E-state index is 0.00543. The molecule has 0 saturated heterocycles. The number of anilines is 1. The molecule has 0 aliphatic carbocycles. The van der Waals surface area contributed by atoms with Crippen LogP contribution in [0.15, 0.2) is 48.5 Å². The van der Waals surface area contributed by atoms with E-state index in [1.165, 1.54) is 0 Å². The summed E-state index contributed by atoms with van der Waals surface area (Å²) in [6.07, 6.45) is 2.75. The van der Waals surface area contributed by atoms with E-state index in [0.717, 1.165) is 31.5 Å². The average molecular weight is 387 g/mol.